The molecular weight excluding hydrogens is 312 g/mol. The summed E-state index contributed by atoms with van der Waals surface area (Å²) in [5, 5.41) is 0.452. The summed E-state index contributed by atoms with van der Waals surface area (Å²) in [6.07, 6.45) is 0. The molecule has 0 heterocycles. The van der Waals surface area contributed by atoms with E-state index in [2.05, 4.69) is 15.9 Å². The predicted octanol–water partition coefficient (Wildman–Crippen LogP) is 4.21. The molecule has 0 amide bonds. The van der Waals surface area contributed by atoms with E-state index in [1.165, 1.54) is 0 Å². The van der Waals surface area contributed by atoms with Gasteiger partial charge in [0.1, 0.15) is 11.5 Å². The molecular formula is C14H11BrO2S. The molecule has 18 heavy (non-hydrogen) atoms. The summed E-state index contributed by atoms with van der Waals surface area (Å²) in [4.78, 5) is 0. The van der Waals surface area contributed by atoms with E-state index >= 15 is 0 Å². The van der Waals surface area contributed by atoms with Gasteiger partial charge in [0.15, 0.2) is 5.05 Å². The zero-order valence-corrected chi connectivity index (χ0v) is 12.1. The lowest BCUT2D eigenvalue weighted by Crippen LogP contribution is -2.06. The second-order valence-corrected chi connectivity index (χ2v) is 4.78. The lowest BCUT2D eigenvalue weighted by atomic mass is 10.2. The van der Waals surface area contributed by atoms with Crippen molar-refractivity contribution in [2.45, 2.75) is 0 Å². The zero-order valence-electron chi connectivity index (χ0n) is 9.72. The van der Waals surface area contributed by atoms with Crippen LogP contribution in [0.2, 0.25) is 0 Å². The number of methoxy groups -OCH3 is 1. The van der Waals surface area contributed by atoms with Crippen LogP contribution >= 0.6 is 28.1 Å². The fourth-order valence-corrected chi connectivity index (χ4v) is 2.20. The Kier molecular flexibility index (Phi) is 4.33. The van der Waals surface area contributed by atoms with E-state index in [0.29, 0.717) is 10.8 Å². The largest absolute Gasteiger partial charge is 0.496 e. The molecule has 0 fully saturated rings. The third kappa shape index (κ3) is 3.09. The van der Waals surface area contributed by atoms with Gasteiger partial charge >= 0.3 is 0 Å². The van der Waals surface area contributed by atoms with Gasteiger partial charge in [0.05, 0.1) is 11.6 Å². The Hall–Kier alpha value is -1.39. The first-order chi connectivity index (χ1) is 8.70. The Balaban J connectivity index is 2.15. The minimum atomic E-state index is 0.452. The van der Waals surface area contributed by atoms with Crippen LogP contribution in [-0.2, 0) is 0 Å². The van der Waals surface area contributed by atoms with E-state index in [4.69, 9.17) is 21.7 Å². The van der Waals surface area contributed by atoms with Crippen LogP contribution in [0.5, 0.6) is 11.5 Å². The van der Waals surface area contributed by atoms with E-state index in [1.807, 2.05) is 48.5 Å². The van der Waals surface area contributed by atoms with Crippen molar-refractivity contribution in [1.29, 1.82) is 0 Å². The number of benzene rings is 2. The van der Waals surface area contributed by atoms with E-state index in [9.17, 15) is 0 Å². The first-order valence-electron chi connectivity index (χ1n) is 5.31. The SMILES string of the molecule is COc1ccc(OC(=S)c2ccccc2)cc1Br. The molecule has 2 aromatic carbocycles. The average molecular weight is 323 g/mol. The van der Waals surface area contributed by atoms with Crippen LogP contribution in [0.15, 0.2) is 53.0 Å². The van der Waals surface area contributed by atoms with Crippen LogP contribution in [0.25, 0.3) is 0 Å². The Labute approximate surface area is 120 Å². The quantitative estimate of drug-likeness (QED) is 0.788. The van der Waals surface area contributed by atoms with Gasteiger partial charge < -0.3 is 9.47 Å². The van der Waals surface area contributed by atoms with Gasteiger partial charge in [-0.1, -0.05) is 30.3 Å². The maximum Gasteiger partial charge on any atom is 0.198 e. The Bertz CT molecular complexity index is 555. The van der Waals surface area contributed by atoms with Crippen molar-refractivity contribution in [3.05, 3.63) is 58.6 Å². The van der Waals surface area contributed by atoms with Gasteiger partial charge in [-0.15, -0.1) is 0 Å². The van der Waals surface area contributed by atoms with Crippen molar-refractivity contribution < 1.29 is 9.47 Å². The first kappa shape index (κ1) is 13.1. The van der Waals surface area contributed by atoms with Gasteiger partial charge in [-0.3, -0.25) is 0 Å². The molecule has 0 aliphatic heterocycles. The molecule has 4 heteroatoms. The molecule has 0 unspecified atom stereocenters. The monoisotopic (exact) mass is 322 g/mol. The zero-order chi connectivity index (χ0) is 13.0. The van der Waals surface area contributed by atoms with E-state index in [1.54, 1.807) is 7.11 Å². The highest BCUT2D eigenvalue weighted by molar-refractivity contribution is 9.10. The number of rotatable bonds is 3. The minimum Gasteiger partial charge on any atom is -0.496 e. The topological polar surface area (TPSA) is 18.5 Å². The molecule has 0 aliphatic carbocycles. The summed E-state index contributed by atoms with van der Waals surface area (Å²) in [5.74, 6) is 1.43. The Morgan fingerprint density at radius 3 is 2.44 bits per heavy atom. The summed E-state index contributed by atoms with van der Waals surface area (Å²) >= 11 is 8.64. The lowest BCUT2D eigenvalue weighted by molar-refractivity contribution is 0.411. The predicted molar refractivity (Wildman–Crippen MR) is 79.5 cm³/mol. The van der Waals surface area contributed by atoms with Crippen LogP contribution in [0.1, 0.15) is 5.56 Å². The van der Waals surface area contributed by atoms with Crippen LogP contribution in [0.4, 0.5) is 0 Å². The second kappa shape index (κ2) is 5.98. The van der Waals surface area contributed by atoms with Gasteiger partial charge in [0.2, 0.25) is 0 Å². The molecule has 0 atom stereocenters. The number of thiocarbonyl (C=S) groups is 1. The van der Waals surface area contributed by atoms with Crippen molar-refractivity contribution in [1.82, 2.24) is 0 Å². The summed E-state index contributed by atoms with van der Waals surface area (Å²) in [6.45, 7) is 0. The first-order valence-corrected chi connectivity index (χ1v) is 6.51. The maximum atomic E-state index is 5.63. The highest BCUT2D eigenvalue weighted by Crippen LogP contribution is 2.29. The number of halogens is 1. The van der Waals surface area contributed by atoms with Crippen LogP contribution in [-0.4, -0.2) is 12.2 Å². The normalized spacial score (nSPS) is 9.89. The summed E-state index contributed by atoms with van der Waals surface area (Å²) in [5.41, 5.74) is 0.888. The van der Waals surface area contributed by atoms with Gasteiger partial charge in [-0.25, -0.2) is 0 Å². The molecule has 0 saturated carbocycles. The van der Waals surface area contributed by atoms with Gasteiger partial charge in [-0.05, 0) is 46.3 Å². The Morgan fingerprint density at radius 1 is 1.11 bits per heavy atom. The molecule has 2 nitrogen and oxygen atoms in total. The summed E-state index contributed by atoms with van der Waals surface area (Å²) in [7, 11) is 1.62. The van der Waals surface area contributed by atoms with Crippen LogP contribution in [0, 0.1) is 0 Å². The van der Waals surface area contributed by atoms with E-state index < -0.39 is 0 Å². The molecule has 0 spiro atoms. The Morgan fingerprint density at radius 2 is 1.83 bits per heavy atom. The van der Waals surface area contributed by atoms with Gasteiger partial charge in [0.25, 0.3) is 0 Å². The second-order valence-electron chi connectivity index (χ2n) is 3.55. The highest BCUT2D eigenvalue weighted by atomic mass is 79.9. The highest BCUT2D eigenvalue weighted by Gasteiger charge is 2.06. The molecule has 0 bridgehead atoms. The van der Waals surface area contributed by atoms with Crippen LogP contribution < -0.4 is 9.47 Å². The van der Waals surface area contributed by atoms with Gasteiger partial charge in [0, 0.05) is 5.56 Å². The molecule has 0 saturated heterocycles. The smallest absolute Gasteiger partial charge is 0.198 e. The maximum absolute atomic E-state index is 5.63. The fourth-order valence-electron chi connectivity index (χ4n) is 1.45. The van der Waals surface area contributed by atoms with Gasteiger partial charge in [-0.2, -0.15) is 0 Å². The van der Waals surface area contributed by atoms with Crippen molar-refractivity contribution in [3.8, 4) is 11.5 Å². The lowest BCUT2D eigenvalue weighted by Gasteiger charge is -2.09. The third-order valence-corrected chi connectivity index (χ3v) is 3.28. The molecule has 92 valence electrons. The molecule has 2 rings (SSSR count). The third-order valence-electron chi connectivity index (χ3n) is 2.34. The fraction of sp³-hybridized carbons (Fsp3) is 0.0714. The summed E-state index contributed by atoms with van der Waals surface area (Å²) in [6, 6.07) is 15.1. The molecule has 0 radical (unpaired) electrons. The molecule has 2 aromatic rings. The number of hydrogen-bond donors (Lipinski definition) is 0. The summed E-state index contributed by atoms with van der Waals surface area (Å²) < 4.78 is 11.6. The van der Waals surface area contributed by atoms with Crippen molar-refractivity contribution in [3.63, 3.8) is 0 Å². The number of ether oxygens (including phenoxy) is 2. The standard InChI is InChI=1S/C14H11BrO2S/c1-16-13-8-7-11(9-12(13)15)17-14(18)10-5-3-2-4-6-10/h2-9H,1H3. The van der Waals surface area contributed by atoms with Crippen LogP contribution in [0.3, 0.4) is 0 Å². The minimum absolute atomic E-state index is 0.452. The average Bonchev–Trinajstić information content (AvgIpc) is 2.40. The molecule has 0 aromatic heterocycles. The van der Waals surface area contributed by atoms with Crippen molar-refractivity contribution >= 4 is 33.2 Å². The number of hydrogen-bond acceptors (Lipinski definition) is 3. The molecule has 0 aliphatic rings. The molecule has 0 N–H and O–H groups in total. The van der Waals surface area contributed by atoms with Crippen molar-refractivity contribution in [2.24, 2.45) is 0 Å². The van der Waals surface area contributed by atoms with E-state index in [0.717, 1.165) is 15.8 Å². The van der Waals surface area contributed by atoms with E-state index in [-0.39, 0.29) is 0 Å². The van der Waals surface area contributed by atoms with Crippen molar-refractivity contribution in [2.75, 3.05) is 7.11 Å².